The van der Waals surface area contributed by atoms with E-state index in [0.29, 0.717) is 13.2 Å². The molecule has 1 aromatic carbocycles. The van der Waals surface area contributed by atoms with Crippen molar-refractivity contribution in [2.45, 2.75) is 20.8 Å². The molecule has 0 radical (unpaired) electrons. The molecule has 1 N–H and O–H groups in total. The van der Waals surface area contributed by atoms with E-state index in [2.05, 4.69) is 43.9 Å². The number of aliphatic hydroxyl groups excluding tert-OH is 1. The van der Waals surface area contributed by atoms with E-state index >= 15 is 0 Å². The number of likely N-dealkylation sites (N-methyl/N-ethyl adjacent to an activating group) is 1. The summed E-state index contributed by atoms with van der Waals surface area (Å²) >= 11 is 0. The molecule has 0 fully saturated rings. The molecule has 0 amide bonds. The topological polar surface area (TPSA) is 32.7 Å². The molecule has 0 aliphatic heterocycles. The van der Waals surface area contributed by atoms with Crippen molar-refractivity contribution in [3.63, 3.8) is 0 Å². The fraction of sp³-hybridized carbons (Fsp3) is 0.571. The van der Waals surface area contributed by atoms with E-state index in [-0.39, 0.29) is 6.61 Å². The van der Waals surface area contributed by atoms with Crippen LogP contribution in [0.5, 0.6) is 5.75 Å². The van der Waals surface area contributed by atoms with Gasteiger partial charge in [0.2, 0.25) is 0 Å². The van der Waals surface area contributed by atoms with Crippen molar-refractivity contribution in [2.75, 3.05) is 32.8 Å². The number of hydrogen-bond acceptors (Lipinski definition) is 3. The number of nitrogens with zero attached hydrogens (tertiary/aromatic N) is 1. The van der Waals surface area contributed by atoms with Gasteiger partial charge in [-0.25, -0.2) is 0 Å². The number of hydrogen-bond donors (Lipinski definition) is 1. The molecule has 0 unspecified atom stereocenters. The van der Waals surface area contributed by atoms with Crippen LogP contribution in [-0.2, 0) is 0 Å². The van der Waals surface area contributed by atoms with Crippen LogP contribution in [0, 0.1) is 13.8 Å². The van der Waals surface area contributed by atoms with E-state index < -0.39 is 0 Å². The van der Waals surface area contributed by atoms with Crippen LogP contribution in [-0.4, -0.2) is 42.9 Å². The minimum absolute atomic E-state index is 0.206. The predicted octanol–water partition coefficient (Wildman–Crippen LogP) is 2.00. The number of rotatable bonds is 7. The van der Waals surface area contributed by atoms with Crippen LogP contribution in [0.25, 0.3) is 0 Å². The number of benzene rings is 1. The molecule has 96 valence electrons. The van der Waals surface area contributed by atoms with Crippen molar-refractivity contribution in [1.29, 1.82) is 0 Å². The Morgan fingerprint density at radius 1 is 1.12 bits per heavy atom. The van der Waals surface area contributed by atoms with Gasteiger partial charge in [-0.1, -0.05) is 13.0 Å². The minimum atomic E-state index is 0.206. The smallest absolute Gasteiger partial charge is 0.119 e. The van der Waals surface area contributed by atoms with E-state index in [4.69, 9.17) is 9.84 Å². The molecule has 0 aliphatic rings. The Morgan fingerprint density at radius 2 is 1.76 bits per heavy atom. The van der Waals surface area contributed by atoms with Gasteiger partial charge in [0.05, 0.1) is 6.61 Å². The first kappa shape index (κ1) is 14.0. The first-order valence-corrected chi connectivity index (χ1v) is 6.20. The van der Waals surface area contributed by atoms with Crippen molar-refractivity contribution < 1.29 is 9.84 Å². The third-order valence-electron chi connectivity index (χ3n) is 2.73. The highest BCUT2D eigenvalue weighted by molar-refractivity contribution is 5.32. The van der Waals surface area contributed by atoms with Crippen LogP contribution in [0.4, 0.5) is 0 Å². The van der Waals surface area contributed by atoms with Crippen LogP contribution in [0.3, 0.4) is 0 Å². The van der Waals surface area contributed by atoms with Crippen molar-refractivity contribution in [1.82, 2.24) is 4.90 Å². The molecular formula is C14H23NO2. The Kier molecular flexibility index (Phi) is 6.01. The Bertz CT molecular complexity index is 319. The van der Waals surface area contributed by atoms with E-state index in [1.54, 1.807) is 0 Å². The third-order valence-corrected chi connectivity index (χ3v) is 2.73. The first-order chi connectivity index (χ1) is 8.15. The molecule has 0 spiro atoms. The molecule has 0 saturated carbocycles. The zero-order chi connectivity index (χ0) is 12.7. The van der Waals surface area contributed by atoms with Gasteiger partial charge in [-0.3, -0.25) is 4.90 Å². The molecule has 0 bridgehead atoms. The third kappa shape index (κ3) is 5.20. The molecule has 0 heterocycles. The molecule has 0 saturated heterocycles. The highest BCUT2D eigenvalue weighted by Crippen LogP contribution is 2.15. The summed E-state index contributed by atoms with van der Waals surface area (Å²) in [6, 6.07) is 6.24. The van der Waals surface area contributed by atoms with E-state index in [1.165, 1.54) is 11.1 Å². The molecule has 3 heteroatoms. The maximum Gasteiger partial charge on any atom is 0.119 e. The Morgan fingerprint density at radius 3 is 2.29 bits per heavy atom. The Hall–Kier alpha value is -1.06. The lowest BCUT2D eigenvalue weighted by Gasteiger charge is -2.19. The quantitative estimate of drug-likeness (QED) is 0.787. The molecule has 3 nitrogen and oxygen atoms in total. The molecule has 1 rings (SSSR count). The lowest BCUT2D eigenvalue weighted by atomic mass is 10.1. The van der Waals surface area contributed by atoms with Gasteiger partial charge in [-0.05, 0) is 43.7 Å². The zero-order valence-electron chi connectivity index (χ0n) is 11.1. The zero-order valence-corrected chi connectivity index (χ0v) is 11.1. The van der Waals surface area contributed by atoms with Crippen LogP contribution < -0.4 is 4.74 Å². The molecule has 17 heavy (non-hydrogen) atoms. The summed E-state index contributed by atoms with van der Waals surface area (Å²) in [7, 11) is 0. The molecular weight excluding hydrogens is 214 g/mol. The number of ether oxygens (including phenoxy) is 1. The predicted molar refractivity (Wildman–Crippen MR) is 70.6 cm³/mol. The van der Waals surface area contributed by atoms with Crippen molar-refractivity contribution in [3.05, 3.63) is 29.3 Å². The van der Waals surface area contributed by atoms with Crippen molar-refractivity contribution in [3.8, 4) is 5.75 Å². The average Bonchev–Trinajstić information content (AvgIpc) is 2.26. The number of aryl methyl sites for hydroxylation is 2. The highest BCUT2D eigenvalue weighted by atomic mass is 16.5. The maximum atomic E-state index is 8.87. The summed E-state index contributed by atoms with van der Waals surface area (Å²) in [5.74, 6) is 0.933. The Labute approximate surface area is 104 Å². The van der Waals surface area contributed by atoms with Crippen molar-refractivity contribution in [2.24, 2.45) is 0 Å². The highest BCUT2D eigenvalue weighted by Gasteiger charge is 2.02. The van der Waals surface area contributed by atoms with Crippen LogP contribution in [0.15, 0.2) is 18.2 Å². The molecule has 0 aromatic heterocycles. The summed E-state index contributed by atoms with van der Waals surface area (Å²) in [5.41, 5.74) is 2.45. The van der Waals surface area contributed by atoms with E-state index in [0.717, 1.165) is 18.8 Å². The fourth-order valence-corrected chi connectivity index (χ4v) is 1.88. The van der Waals surface area contributed by atoms with Crippen LogP contribution in [0.1, 0.15) is 18.1 Å². The van der Waals surface area contributed by atoms with Crippen LogP contribution >= 0.6 is 0 Å². The second-order valence-corrected chi connectivity index (χ2v) is 4.33. The monoisotopic (exact) mass is 237 g/mol. The summed E-state index contributed by atoms with van der Waals surface area (Å²) < 4.78 is 5.72. The van der Waals surface area contributed by atoms with Gasteiger partial charge < -0.3 is 9.84 Å². The lowest BCUT2D eigenvalue weighted by Crippen LogP contribution is -2.30. The standard InChI is InChI=1S/C14H23NO2/c1-4-15(5-7-16)6-8-17-14-10-12(2)9-13(3)11-14/h9-11,16H,4-8H2,1-3H3. The Balaban J connectivity index is 2.39. The fourth-order valence-electron chi connectivity index (χ4n) is 1.88. The van der Waals surface area contributed by atoms with Crippen LogP contribution in [0.2, 0.25) is 0 Å². The van der Waals surface area contributed by atoms with Gasteiger partial charge >= 0.3 is 0 Å². The van der Waals surface area contributed by atoms with Gasteiger partial charge in [0.15, 0.2) is 0 Å². The lowest BCUT2D eigenvalue weighted by molar-refractivity contribution is 0.174. The second-order valence-electron chi connectivity index (χ2n) is 4.33. The number of aliphatic hydroxyl groups is 1. The second kappa shape index (κ2) is 7.30. The summed E-state index contributed by atoms with van der Waals surface area (Å²) in [6.45, 7) is 9.61. The van der Waals surface area contributed by atoms with Gasteiger partial charge in [-0.2, -0.15) is 0 Å². The average molecular weight is 237 g/mol. The van der Waals surface area contributed by atoms with Gasteiger partial charge in [0.1, 0.15) is 12.4 Å². The SMILES string of the molecule is CCN(CCO)CCOc1cc(C)cc(C)c1. The summed E-state index contributed by atoms with van der Waals surface area (Å²) in [4.78, 5) is 2.17. The first-order valence-electron chi connectivity index (χ1n) is 6.20. The van der Waals surface area contributed by atoms with Gasteiger partial charge in [0.25, 0.3) is 0 Å². The van der Waals surface area contributed by atoms with Gasteiger partial charge in [0, 0.05) is 13.1 Å². The molecule has 0 aliphatic carbocycles. The van der Waals surface area contributed by atoms with E-state index in [1.807, 2.05) is 0 Å². The molecule has 1 aromatic rings. The summed E-state index contributed by atoms with van der Waals surface area (Å²) in [6.07, 6.45) is 0. The summed E-state index contributed by atoms with van der Waals surface area (Å²) in [5, 5.41) is 8.87. The minimum Gasteiger partial charge on any atom is -0.492 e. The largest absolute Gasteiger partial charge is 0.492 e. The van der Waals surface area contributed by atoms with Crippen molar-refractivity contribution >= 4 is 0 Å². The normalized spacial score (nSPS) is 10.9. The molecule has 0 atom stereocenters. The maximum absolute atomic E-state index is 8.87. The van der Waals surface area contributed by atoms with Gasteiger partial charge in [-0.15, -0.1) is 0 Å². The van der Waals surface area contributed by atoms with E-state index in [9.17, 15) is 0 Å².